The molecule has 0 bridgehead atoms. The van der Waals surface area contributed by atoms with Crippen LogP contribution in [0.2, 0.25) is 0 Å². The van der Waals surface area contributed by atoms with Gasteiger partial charge in [-0.05, 0) is 54.3 Å². The van der Waals surface area contributed by atoms with Crippen LogP contribution < -0.4 is 5.32 Å². The molecule has 2 amide bonds. The highest BCUT2D eigenvalue weighted by molar-refractivity contribution is 7.10. The maximum absolute atomic E-state index is 14.1. The monoisotopic (exact) mass is 513 g/mol. The first-order valence-corrected chi connectivity index (χ1v) is 14.6. The molecule has 3 heterocycles. The van der Waals surface area contributed by atoms with E-state index in [0.717, 1.165) is 68.6 Å². The van der Waals surface area contributed by atoms with Gasteiger partial charge in [0, 0.05) is 42.2 Å². The van der Waals surface area contributed by atoms with Crippen LogP contribution in [0.5, 0.6) is 0 Å². The summed E-state index contributed by atoms with van der Waals surface area (Å²) in [5.74, 6) is -0.252. The Morgan fingerprint density at radius 2 is 1.62 bits per heavy atom. The Bertz CT molecular complexity index is 1210. The van der Waals surface area contributed by atoms with Crippen molar-refractivity contribution in [2.45, 2.75) is 69.1 Å². The van der Waals surface area contributed by atoms with Gasteiger partial charge in [0.2, 0.25) is 5.91 Å². The first-order chi connectivity index (χ1) is 18.2. The molecule has 0 radical (unpaired) electrons. The number of likely N-dealkylation sites (tertiary alicyclic amines) is 1. The van der Waals surface area contributed by atoms with Crippen LogP contribution >= 0.6 is 11.3 Å². The van der Waals surface area contributed by atoms with E-state index in [4.69, 9.17) is 0 Å². The van der Waals surface area contributed by atoms with Gasteiger partial charge in [-0.1, -0.05) is 67.4 Å². The summed E-state index contributed by atoms with van der Waals surface area (Å²) >= 11 is 1.66. The molecule has 0 unspecified atom stereocenters. The Morgan fingerprint density at radius 3 is 2.35 bits per heavy atom. The highest BCUT2D eigenvalue weighted by Gasteiger charge is 2.47. The normalized spacial score (nSPS) is 23.2. The number of nitrogens with one attached hydrogen (secondary N) is 1. The fourth-order valence-corrected chi connectivity index (χ4v) is 7.41. The standard InChI is InChI=1S/C31H35N3O2S/c35-30(32-23-16-18-33(19-17-23)21-22-9-2-1-3-10-22)28-25-13-6-7-14-26(25)31(36)34(24-11-4-5-12-24)29(28)27-15-8-20-37-27/h1-3,6-10,13-15,20,23-24,28-29H,4-5,11-12,16-19,21H2,(H,32,35)/t28-,29-/m1/s1. The van der Waals surface area contributed by atoms with Crippen molar-refractivity contribution in [2.24, 2.45) is 0 Å². The summed E-state index contributed by atoms with van der Waals surface area (Å²) in [6, 6.07) is 22.6. The maximum Gasteiger partial charge on any atom is 0.254 e. The Balaban J connectivity index is 1.24. The summed E-state index contributed by atoms with van der Waals surface area (Å²) in [5.41, 5.74) is 2.90. The summed E-state index contributed by atoms with van der Waals surface area (Å²) in [6.45, 7) is 2.90. The highest BCUT2D eigenvalue weighted by atomic mass is 32.1. The molecule has 1 saturated heterocycles. The van der Waals surface area contributed by atoms with Crippen molar-refractivity contribution >= 4 is 23.2 Å². The third kappa shape index (κ3) is 4.97. The summed E-state index contributed by atoms with van der Waals surface area (Å²) in [4.78, 5) is 33.6. The van der Waals surface area contributed by atoms with Gasteiger partial charge in [0.05, 0.1) is 12.0 Å². The largest absolute Gasteiger partial charge is 0.353 e. The second-order valence-corrected chi connectivity index (χ2v) is 11.7. The van der Waals surface area contributed by atoms with Crippen molar-refractivity contribution in [1.82, 2.24) is 15.1 Å². The molecule has 6 heteroatoms. The van der Waals surface area contributed by atoms with Crippen molar-refractivity contribution < 1.29 is 9.59 Å². The Morgan fingerprint density at radius 1 is 0.892 bits per heavy atom. The number of carbonyl (C=O) groups is 2. The van der Waals surface area contributed by atoms with E-state index in [1.165, 1.54) is 5.56 Å². The summed E-state index contributed by atoms with van der Waals surface area (Å²) in [7, 11) is 0. The van der Waals surface area contributed by atoms with Crippen LogP contribution in [0.1, 0.15) is 76.8 Å². The second kappa shape index (κ2) is 10.8. The molecule has 5 nitrogen and oxygen atoms in total. The fraction of sp³-hybridized carbons (Fsp3) is 0.419. The lowest BCUT2D eigenvalue weighted by Crippen LogP contribution is -2.52. The van der Waals surface area contributed by atoms with Gasteiger partial charge in [0.15, 0.2) is 0 Å². The van der Waals surface area contributed by atoms with Gasteiger partial charge in [0.1, 0.15) is 0 Å². The molecule has 2 atom stereocenters. The third-order valence-corrected chi connectivity index (χ3v) is 9.34. The van der Waals surface area contributed by atoms with E-state index >= 15 is 0 Å². The molecule has 6 rings (SSSR count). The van der Waals surface area contributed by atoms with E-state index in [2.05, 4.69) is 56.9 Å². The highest BCUT2D eigenvalue weighted by Crippen LogP contribution is 2.47. The zero-order valence-electron chi connectivity index (χ0n) is 21.2. The topological polar surface area (TPSA) is 52.7 Å². The van der Waals surface area contributed by atoms with Crippen LogP contribution in [0.15, 0.2) is 72.1 Å². The number of nitrogens with zero attached hydrogens (tertiary/aromatic N) is 2. The lowest BCUT2D eigenvalue weighted by Gasteiger charge is -2.44. The molecule has 2 fully saturated rings. The molecule has 1 aromatic heterocycles. The smallest absolute Gasteiger partial charge is 0.254 e. The first-order valence-electron chi connectivity index (χ1n) is 13.7. The van der Waals surface area contributed by atoms with Gasteiger partial charge in [-0.25, -0.2) is 0 Å². The van der Waals surface area contributed by atoms with Crippen LogP contribution in [0.3, 0.4) is 0 Å². The number of carbonyl (C=O) groups excluding carboxylic acids is 2. The predicted molar refractivity (Wildman–Crippen MR) is 148 cm³/mol. The van der Waals surface area contributed by atoms with E-state index in [1.54, 1.807) is 11.3 Å². The summed E-state index contributed by atoms with van der Waals surface area (Å²) < 4.78 is 0. The SMILES string of the molecule is O=C(NC1CCN(Cc2ccccc2)CC1)[C@@H]1c2ccccc2C(=O)N(C2CCCC2)[C@@H]1c1cccs1. The molecular weight excluding hydrogens is 478 g/mol. The molecule has 192 valence electrons. The lowest BCUT2D eigenvalue weighted by molar-refractivity contribution is -0.125. The molecule has 3 aromatic rings. The van der Waals surface area contributed by atoms with Crippen LogP contribution in [0.25, 0.3) is 0 Å². The van der Waals surface area contributed by atoms with Gasteiger partial charge in [-0.2, -0.15) is 0 Å². The van der Waals surface area contributed by atoms with Gasteiger partial charge >= 0.3 is 0 Å². The van der Waals surface area contributed by atoms with E-state index in [0.29, 0.717) is 5.56 Å². The van der Waals surface area contributed by atoms with Gasteiger partial charge in [-0.15, -0.1) is 11.3 Å². The number of hydrogen-bond donors (Lipinski definition) is 1. The van der Waals surface area contributed by atoms with Crippen molar-refractivity contribution in [3.8, 4) is 0 Å². The Kier molecular flexibility index (Phi) is 7.12. The fourth-order valence-electron chi connectivity index (χ4n) is 6.55. The molecule has 1 N–H and O–H groups in total. The minimum absolute atomic E-state index is 0.0582. The zero-order chi connectivity index (χ0) is 25.2. The predicted octanol–water partition coefficient (Wildman–Crippen LogP) is 5.75. The van der Waals surface area contributed by atoms with Crippen molar-refractivity contribution in [1.29, 1.82) is 0 Å². The Hall–Kier alpha value is -2.96. The molecule has 0 spiro atoms. The number of hydrogen-bond acceptors (Lipinski definition) is 4. The van der Waals surface area contributed by atoms with E-state index in [1.807, 2.05) is 30.3 Å². The molecule has 37 heavy (non-hydrogen) atoms. The number of rotatable bonds is 6. The molecule has 2 aliphatic heterocycles. The van der Waals surface area contributed by atoms with Crippen LogP contribution in [0.4, 0.5) is 0 Å². The van der Waals surface area contributed by atoms with E-state index in [-0.39, 0.29) is 29.9 Å². The van der Waals surface area contributed by atoms with Crippen molar-refractivity contribution in [3.05, 3.63) is 93.7 Å². The molecule has 1 aliphatic carbocycles. The average Bonchev–Trinajstić information content (AvgIpc) is 3.65. The van der Waals surface area contributed by atoms with Crippen LogP contribution in [0, 0.1) is 0 Å². The summed E-state index contributed by atoms with van der Waals surface area (Å²) in [5, 5.41) is 5.49. The van der Waals surface area contributed by atoms with Crippen molar-refractivity contribution in [2.75, 3.05) is 13.1 Å². The van der Waals surface area contributed by atoms with Gasteiger partial charge < -0.3 is 10.2 Å². The van der Waals surface area contributed by atoms with Crippen molar-refractivity contribution in [3.63, 3.8) is 0 Å². The minimum Gasteiger partial charge on any atom is -0.353 e. The number of piperidine rings is 1. The van der Waals surface area contributed by atoms with Crippen LogP contribution in [-0.4, -0.2) is 46.8 Å². The number of benzene rings is 2. The Labute approximate surface area is 223 Å². The molecule has 2 aromatic carbocycles. The molecule has 3 aliphatic rings. The van der Waals surface area contributed by atoms with Gasteiger partial charge in [0.25, 0.3) is 5.91 Å². The molecular formula is C31H35N3O2S. The third-order valence-electron chi connectivity index (χ3n) is 8.39. The number of thiophene rings is 1. The number of fused-ring (bicyclic) bond motifs is 1. The zero-order valence-corrected chi connectivity index (χ0v) is 22.0. The minimum atomic E-state index is -0.393. The molecule has 1 saturated carbocycles. The average molecular weight is 514 g/mol. The second-order valence-electron chi connectivity index (χ2n) is 10.7. The maximum atomic E-state index is 14.1. The summed E-state index contributed by atoms with van der Waals surface area (Å²) in [6.07, 6.45) is 6.22. The quantitative estimate of drug-likeness (QED) is 0.457. The van der Waals surface area contributed by atoms with Crippen LogP contribution in [-0.2, 0) is 11.3 Å². The first kappa shape index (κ1) is 24.4. The van der Waals surface area contributed by atoms with E-state index < -0.39 is 5.92 Å². The van der Waals surface area contributed by atoms with Gasteiger partial charge in [-0.3, -0.25) is 14.5 Å². The number of amides is 2. The lowest BCUT2D eigenvalue weighted by atomic mass is 9.80. The van der Waals surface area contributed by atoms with E-state index in [9.17, 15) is 9.59 Å².